The fraction of sp³-hybridized carbons (Fsp3) is 0.409. The molecular formula is C22H27ClN4O3. The number of hydrogen-bond donors (Lipinski definition) is 1. The van der Waals surface area contributed by atoms with Gasteiger partial charge in [0.25, 0.3) is 5.69 Å². The molecular weight excluding hydrogens is 404 g/mol. The van der Waals surface area contributed by atoms with Gasteiger partial charge in [0.15, 0.2) is 0 Å². The van der Waals surface area contributed by atoms with Crippen molar-refractivity contribution in [2.24, 2.45) is 5.92 Å². The molecule has 1 saturated heterocycles. The second-order valence-electron chi connectivity index (χ2n) is 7.75. The van der Waals surface area contributed by atoms with Gasteiger partial charge in [0.2, 0.25) is 5.91 Å². The maximum atomic E-state index is 12.8. The number of nitrogens with zero attached hydrogens (tertiary/aromatic N) is 3. The van der Waals surface area contributed by atoms with Crippen LogP contribution in [0.15, 0.2) is 48.5 Å². The van der Waals surface area contributed by atoms with Gasteiger partial charge < -0.3 is 15.1 Å². The summed E-state index contributed by atoms with van der Waals surface area (Å²) in [5, 5.41) is 15.0. The van der Waals surface area contributed by atoms with Crippen molar-refractivity contribution in [3.05, 3.63) is 69.2 Å². The van der Waals surface area contributed by atoms with Crippen molar-refractivity contribution in [1.82, 2.24) is 10.2 Å². The van der Waals surface area contributed by atoms with Gasteiger partial charge >= 0.3 is 0 Å². The molecule has 0 saturated carbocycles. The number of para-hydroxylation sites is 2. The summed E-state index contributed by atoms with van der Waals surface area (Å²) >= 11 is 6.34. The summed E-state index contributed by atoms with van der Waals surface area (Å²) in [6.07, 6.45) is 1.33. The predicted octanol–water partition coefficient (Wildman–Crippen LogP) is 3.88. The molecule has 0 aliphatic carbocycles. The van der Waals surface area contributed by atoms with Gasteiger partial charge in [0.05, 0.1) is 11.0 Å². The molecule has 0 spiro atoms. The number of halogens is 1. The molecule has 8 heteroatoms. The number of hydrogen-bond acceptors (Lipinski definition) is 5. The third kappa shape index (κ3) is 5.09. The number of rotatable bonds is 7. The minimum absolute atomic E-state index is 0.0188. The minimum Gasteiger partial charge on any atom is -0.366 e. The third-order valence-electron chi connectivity index (χ3n) is 5.64. The Kier molecular flexibility index (Phi) is 7.29. The molecule has 3 rings (SSSR count). The third-order valence-corrected chi connectivity index (χ3v) is 5.99. The number of carbonyl (C=O) groups excluding carboxylic acids is 1. The molecule has 2 aromatic carbocycles. The summed E-state index contributed by atoms with van der Waals surface area (Å²) < 4.78 is 0. The van der Waals surface area contributed by atoms with Gasteiger partial charge in [-0.1, -0.05) is 41.9 Å². The van der Waals surface area contributed by atoms with E-state index in [0.717, 1.165) is 5.56 Å². The summed E-state index contributed by atoms with van der Waals surface area (Å²) in [6.45, 7) is 1.70. The predicted molar refractivity (Wildman–Crippen MR) is 119 cm³/mol. The lowest BCUT2D eigenvalue weighted by Crippen LogP contribution is -2.43. The average Bonchev–Trinajstić information content (AvgIpc) is 2.75. The monoisotopic (exact) mass is 430 g/mol. The van der Waals surface area contributed by atoms with Crippen molar-refractivity contribution in [2.45, 2.75) is 18.9 Å². The molecule has 1 unspecified atom stereocenters. The highest BCUT2D eigenvalue weighted by Gasteiger charge is 2.28. The largest absolute Gasteiger partial charge is 0.366 e. The fourth-order valence-electron chi connectivity index (χ4n) is 3.93. The van der Waals surface area contributed by atoms with Crippen molar-refractivity contribution in [3.63, 3.8) is 0 Å². The van der Waals surface area contributed by atoms with E-state index in [-0.39, 0.29) is 28.5 Å². The Morgan fingerprint density at radius 2 is 1.83 bits per heavy atom. The topological polar surface area (TPSA) is 78.7 Å². The van der Waals surface area contributed by atoms with E-state index in [4.69, 9.17) is 11.6 Å². The summed E-state index contributed by atoms with van der Waals surface area (Å²) in [6, 6.07) is 14.4. The van der Waals surface area contributed by atoms with Gasteiger partial charge in [-0.05, 0) is 44.6 Å². The number of nitro benzene ring substituents is 1. The van der Waals surface area contributed by atoms with Crippen LogP contribution in [0.3, 0.4) is 0 Å². The number of nitro groups is 1. The molecule has 1 amide bonds. The fourth-order valence-corrected chi connectivity index (χ4v) is 4.19. The van der Waals surface area contributed by atoms with E-state index in [0.29, 0.717) is 43.2 Å². The molecule has 7 nitrogen and oxygen atoms in total. The highest BCUT2D eigenvalue weighted by Crippen LogP contribution is 2.31. The number of amides is 1. The first kappa shape index (κ1) is 22.1. The van der Waals surface area contributed by atoms with Crippen LogP contribution in [0.1, 0.15) is 24.4 Å². The van der Waals surface area contributed by atoms with Crippen LogP contribution < -0.4 is 10.2 Å². The molecule has 1 aliphatic rings. The van der Waals surface area contributed by atoms with E-state index in [9.17, 15) is 14.9 Å². The van der Waals surface area contributed by atoms with E-state index in [1.165, 1.54) is 6.07 Å². The molecule has 1 atom stereocenters. The number of piperidine rings is 1. The van der Waals surface area contributed by atoms with Crippen LogP contribution in [0.4, 0.5) is 11.4 Å². The quantitative estimate of drug-likeness (QED) is 0.532. The van der Waals surface area contributed by atoms with Crippen LogP contribution >= 0.6 is 11.6 Å². The maximum absolute atomic E-state index is 12.8. The van der Waals surface area contributed by atoms with Gasteiger partial charge in [-0.2, -0.15) is 0 Å². The van der Waals surface area contributed by atoms with E-state index in [1.807, 2.05) is 48.2 Å². The van der Waals surface area contributed by atoms with Crippen molar-refractivity contribution in [3.8, 4) is 0 Å². The zero-order valence-corrected chi connectivity index (χ0v) is 18.0. The van der Waals surface area contributed by atoms with Crippen molar-refractivity contribution < 1.29 is 9.72 Å². The lowest BCUT2D eigenvalue weighted by atomic mass is 9.95. The van der Waals surface area contributed by atoms with Gasteiger partial charge in [0.1, 0.15) is 5.69 Å². The Morgan fingerprint density at radius 1 is 1.20 bits per heavy atom. The SMILES string of the molecule is CN(C)C(CNC(=O)C1CCN(c2ccccc2[N+](=O)[O-])CC1)c1ccccc1Cl. The Bertz CT molecular complexity index is 897. The van der Waals surface area contributed by atoms with E-state index in [1.54, 1.807) is 18.2 Å². The van der Waals surface area contributed by atoms with Crippen LogP contribution in [0, 0.1) is 16.0 Å². The molecule has 1 fully saturated rings. The highest BCUT2D eigenvalue weighted by molar-refractivity contribution is 6.31. The van der Waals surface area contributed by atoms with Crippen LogP contribution in [-0.2, 0) is 4.79 Å². The van der Waals surface area contributed by atoms with E-state index in [2.05, 4.69) is 5.32 Å². The van der Waals surface area contributed by atoms with Crippen LogP contribution in [0.25, 0.3) is 0 Å². The van der Waals surface area contributed by atoms with Crippen LogP contribution in [0.2, 0.25) is 5.02 Å². The standard InChI is InChI=1S/C22H27ClN4O3/c1-25(2)21(17-7-3-4-8-18(17)23)15-24-22(28)16-11-13-26(14-12-16)19-9-5-6-10-20(19)27(29)30/h3-10,16,21H,11-15H2,1-2H3,(H,24,28). The minimum atomic E-state index is -0.357. The number of carbonyl (C=O) groups is 1. The van der Waals surface area contributed by atoms with Gasteiger partial charge in [-0.25, -0.2) is 0 Å². The second-order valence-corrected chi connectivity index (χ2v) is 8.16. The van der Waals surface area contributed by atoms with E-state index < -0.39 is 0 Å². The Morgan fingerprint density at radius 3 is 2.47 bits per heavy atom. The van der Waals surface area contributed by atoms with Crippen molar-refractivity contribution >= 4 is 28.9 Å². The highest BCUT2D eigenvalue weighted by atomic mass is 35.5. The zero-order chi connectivity index (χ0) is 21.7. The molecule has 0 bridgehead atoms. The second kappa shape index (κ2) is 9.91. The normalized spacial score (nSPS) is 15.8. The first-order chi connectivity index (χ1) is 14.4. The Hall–Kier alpha value is -2.64. The smallest absolute Gasteiger partial charge is 0.292 e. The summed E-state index contributed by atoms with van der Waals surface area (Å²) in [4.78, 5) is 27.7. The zero-order valence-electron chi connectivity index (χ0n) is 17.3. The first-order valence-electron chi connectivity index (χ1n) is 10.1. The molecule has 1 N–H and O–H groups in total. The van der Waals surface area contributed by atoms with Crippen molar-refractivity contribution in [2.75, 3.05) is 38.6 Å². The molecule has 1 heterocycles. The molecule has 2 aromatic rings. The molecule has 0 radical (unpaired) electrons. The van der Waals surface area contributed by atoms with Gasteiger partial charge in [-0.15, -0.1) is 0 Å². The maximum Gasteiger partial charge on any atom is 0.292 e. The Labute approximate surface area is 181 Å². The van der Waals surface area contributed by atoms with E-state index >= 15 is 0 Å². The lowest BCUT2D eigenvalue weighted by Gasteiger charge is -2.33. The summed E-state index contributed by atoms with van der Waals surface area (Å²) in [5.41, 5.74) is 1.71. The number of likely N-dealkylation sites (N-methyl/N-ethyl adjacent to an activating group) is 1. The van der Waals surface area contributed by atoms with Crippen LogP contribution in [-0.4, -0.2) is 49.5 Å². The van der Waals surface area contributed by atoms with Gasteiger partial charge in [0, 0.05) is 36.6 Å². The molecule has 160 valence electrons. The van der Waals surface area contributed by atoms with Gasteiger partial charge in [-0.3, -0.25) is 14.9 Å². The Balaban J connectivity index is 1.58. The number of benzene rings is 2. The summed E-state index contributed by atoms with van der Waals surface area (Å²) in [5.74, 6) is -0.0748. The molecule has 0 aromatic heterocycles. The van der Waals surface area contributed by atoms with Crippen molar-refractivity contribution in [1.29, 1.82) is 0 Å². The number of nitrogens with one attached hydrogen (secondary N) is 1. The first-order valence-corrected chi connectivity index (χ1v) is 10.4. The van der Waals surface area contributed by atoms with Crippen LogP contribution in [0.5, 0.6) is 0 Å². The molecule has 30 heavy (non-hydrogen) atoms. The molecule has 1 aliphatic heterocycles. The lowest BCUT2D eigenvalue weighted by molar-refractivity contribution is -0.384. The number of anilines is 1. The average molecular weight is 431 g/mol. The summed E-state index contributed by atoms with van der Waals surface area (Å²) in [7, 11) is 3.93.